The molecule has 0 spiro atoms. The van der Waals surface area contributed by atoms with Crippen molar-refractivity contribution in [1.29, 1.82) is 0 Å². The van der Waals surface area contributed by atoms with Crippen LogP contribution in [0.2, 0.25) is 0 Å². The first-order valence-electron chi connectivity index (χ1n) is 12.5. The van der Waals surface area contributed by atoms with Gasteiger partial charge in [0, 0.05) is 17.1 Å². The molecule has 3 rings (SSSR count). The number of nitrogens with zero attached hydrogens (tertiary/aromatic N) is 2. The number of anilines is 1. The van der Waals surface area contributed by atoms with Crippen molar-refractivity contribution in [2.45, 2.75) is 57.6 Å². The second-order valence-corrected chi connectivity index (χ2v) is 12.1. The zero-order valence-electron chi connectivity index (χ0n) is 22.1. The van der Waals surface area contributed by atoms with Crippen molar-refractivity contribution < 1.29 is 18.0 Å². The lowest BCUT2D eigenvalue weighted by molar-refractivity contribution is -0.139. The summed E-state index contributed by atoms with van der Waals surface area (Å²) in [6, 6.07) is 21.6. The van der Waals surface area contributed by atoms with E-state index < -0.39 is 28.5 Å². The SMILES string of the molecule is CC[C@@H](C)NC(=O)[C@@H](C)N(Cc1cccc(Br)c1)C(=O)CN(c1ccc(C)cc1)S(=O)(=O)c1ccccc1. The van der Waals surface area contributed by atoms with E-state index in [0.717, 1.165) is 26.3 Å². The van der Waals surface area contributed by atoms with E-state index in [1.54, 1.807) is 49.4 Å². The second kappa shape index (κ2) is 13.1. The van der Waals surface area contributed by atoms with Gasteiger partial charge in [-0.1, -0.05) is 70.9 Å². The van der Waals surface area contributed by atoms with Gasteiger partial charge in [-0.25, -0.2) is 8.42 Å². The number of carbonyl (C=O) groups excluding carboxylic acids is 2. The maximum Gasteiger partial charge on any atom is 0.264 e. The highest BCUT2D eigenvalue weighted by Gasteiger charge is 2.32. The molecule has 3 aromatic carbocycles. The molecule has 2 atom stereocenters. The van der Waals surface area contributed by atoms with Crippen LogP contribution >= 0.6 is 15.9 Å². The lowest BCUT2D eigenvalue weighted by Gasteiger charge is -2.32. The molecule has 9 heteroatoms. The number of amides is 2. The Hall–Kier alpha value is -3.17. The summed E-state index contributed by atoms with van der Waals surface area (Å²) in [4.78, 5) is 28.5. The molecule has 0 saturated heterocycles. The number of nitrogens with one attached hydrogen (secondary N) is 1. The van der Waals surface area contributed by atoms with Crippen molar-refractivity contribution in [3.63, 3.8) is 0 Å². The number of carbonyl (C=O) groups is 2. The number of hydrogen-bond acceptors (Lipinski definition) is 4. The first-order valence-corrected chi connectivity index (χ1v) is 14.7. The van der Waals surface area contributed by atoms with Gasteiger partial charge in [-0.3, -0.25) is 13.9 Å². The number of hydrogen-bond donors (Lipinski definition) is 1. The van der Waals surface area contributed by atoms with Gasteiger partial charge in [-0.05, 0) is 69.2 Å². The number of aryl methyl sites for hydroxylation is 1. The molecule has 0 aliphatic rings. The van der Waals surface area contributed by atoms with Crippen LogP contribution in [-0.4, -0.2) is 43.8 Å². The first-order chi connectivity index (χ1) is 18.0. The molecule has 0 aliphatic heterocycles. The highest BCUT2D eigenvalue weighted by atomic mass is 79.9. The average Bonchev–Trinajstić information content (AvgIpc) is 2.90. The number of rotatable bonds is 11. The monoisotopic (exact) mass is 599 g/mol. The Bertz CT molecular complexity index is 1350. The molecule has 2 amide bonds. The molecule has 1 N–H and O–H groups in total. The summed E-state index contributed by atoms with van der Waals surface area (Å²) in [7, 11) is -4.07. The van der Waals surface area contributed by atoms with Crippen LogP contribution < -0.4 is 9.62 Å². The summed E-state index contributed by atoms with van der Waals surface area (Å²) in [5, 5.41) is 2.94. The molecule has 0 unspecified atom stereocenters. The predicted molar refractivity (Wildman–Crippen MR) is 154 cm³/mol. The molecule has 0 heterocycles. The van der Waals surface area contributed by atoms with E-state index in [2.05, 4.69) is 21.2 Å². The van der Waals surface area contributed by atoms with Crippen LogP contribution in [0, 0.1) is 6.92 Å². The summed E-state index contributed by atoms with van der Waals surface area (Å²) < 4.78 is 29.4. The smallest absolute Gasteiger partial charge is 0.264 e. The summed E-state index contributed by atoms with van der Waals surface area (Å²) in [5.41, 5.74) is 2.14. The highest BCUT2D eigenvalue weighted by molar-refractivity contribution is 9.10. The number of sulfonamides is 1. The van der Waals surface area contributed by atoms with Gasteiger partial charge in [-0.15, -0.1) is 0 Å². The average molecular weight is 601 g/mol. The van der Waals surface area contributed by atoms with E-state index in [1.165, 1.54) is 17.0 Å². The fourth-order valence-electron chi connectivity index (χ4n) is 3.84. The van der Waals surface area contributed by atoms with Gasteiger partial charge in [0.25, 0.3) is 10.0 Å². The minimum Gasteiger partial charge on any atom is -0.352 e. The molecule has 7 nitrogen and oxygen atoms in total. The van der Waals surface area contributed by atoms with Gasteiger partial charge in [0.2, 0.25) is 11.8 Å². The molecular weight excluding hydrogens is 566 g/mol. The van der Waals surface area contributed by atoms with Crippen molar-refractivity contribution in [3.05, 3.63) is 94.5 Å². The van der Waals surface area contributed by atoms with Gasteiger partial charge in [0.05, 0.1) is 10.6 Å². The van der Waals surface area contributed by atoms with Gasteiger partial charge in [-0.2, -0.15) is 0 Å². The normalized spacial score (nSPS) is 12.9. The molecule has 0 radical (unpaired) electrons. The van der Waals surface area contributed by atoms with Gasteiger partial charge in [0.15, 0.2) is 0 Å². The van der Waals surface area contributed by atoms with Crippen LogP contribution in [0.3, 0.4) is 0 Å². The number of benzene rings is 3. The van der Waals surface area contributed by atoms with E-state index in [1.807, 2.05) is 45.0 Å². The fourth-order valence-corrected chi connectivity index (χ4v) is 5.72. The van der Waals surface area contributed by atoms with Crippen molar-refractivity contribution in [2.75, 3.05) is 10.8 Å². The van der Waals surface area contributed by atoms with Crippen molar-refractivity contribution in [3.8, 4) is 0 Å². The van der Waals surface area contributed by atoms with Crippen molar-refractivity contribution in [2.24, 2.45) is 0 Å². The largest absolute Gasteiger partial charge is 0.352 e. The second-order valence-electron chi connectivity index (χ2n) is 9.31. The minimum absolute atomic E-state index is 0.0599. The molecule has 202 valence electrons. The van der Waals surface area contributed by atoms with Crippen molar-refractivity contribution >= 4 is 43.5 Å². The van der Waals surface area contributed by atoms with Crippen LogP contribution in [-0.2, 0) is 26.2 Å². The maximum absolute atomic E-state index is 13.9. The van der Waals surface area contributed by atoms with Gasteiger partial charge in [0.1, 0.15) is 12.6 Å². The first kappa shape index (κ1) is 29.4. The summed E-state index contributed by atoms with van der Waals surface area (Å²) in [6.45, 7) is 7.11. The van der Waals surface area contributed by atoms with E-state index in [9.17, 15) is 18.0 Å². The standard InChI is InChI=1S/C29H34BrN3O4S/c1-5-22(3)31-29(35)23(4)32(19-24-10-9-11-25(30)18-24)28(34)20-33(26-16-14-21(2)15-17-26)38(36,37)27-12-7-6-8-13-27/h6-18,22-23H,5,19-20H2,1-4H3,(H,31,35)/t22-,23-/m1/s1. The fraction of sp³-hybridized carbons (Fsp3) is 0.310. The molecule has 0 aromatic heterocycles. The van der Waals surface area contributed by atoms with Crippen LogP contribution in [0.25, 0.3) is 0 Å². The topological polar surface area (TPSA) is 86.8 Å². The predicted octanol–water partition coefficient (Wildman–Crippen LogP) is 5.28. The molecule has 0 fully saturated rings. The molecule has 38 heavy (non-hydrogen) atoms. The third-order valence-corrected chi connectivity index (χ3v) is 8.62. The lowest BCUT2D eigenvalue weighted by Crippen LogP contribution is -2.52. The summed E-state index contributed by atoms with van der Waals surface area (Å²) in [5.74, 6) is -0.785. The Labute approximate surface area is 234 Å². The van der Waals surface area contributed by atoms with Crippen LogP contribution in [0.1, 0.15) is 38.3 Å². The molecule has 0 saturated carbocycles. The number of halogens is 1. The Morgan fingerprint density at radius 3 is 2.21 bits per heavy atom. The molecular formula is C29H34BrN3O4S. The van der Waals surface area contributed by atoms with Crippen molar-refractivity contribution in [1.82, 2.24) is 10.2 Å². The Morgan fingerprint density at radius 2 is 1.61 bits per heavy atom. The van der Waals surface area contributed by atoms with E-state index in [0.29, 0.717) is 5.69 Å². The Kier molecular flexibility index (Phi) is 10.1. The maximum atomic E-state index is 13.9. The van der Waals surface area contributed by atoms with E-state index >= 15 is 0 Å². The van der Waals surface area contributed by atoms with Gasteiger partial charge < -0.3 is 10.2 Å². The Morgan fingerprint density at radius 1 is 0.947 bits per heavy atom. The molecule has 0 aliphatic carbocycles. The quantitative estimate of drug-likeness (QED) is 0.324. The molecule has 0 bridgehead atoms. The zero-order chi connectivity index (χ0) is 27.9. The zero-order valence-corrected chi connectivity index (χ0v) is 24.5. The van der Waals surface area contributed by atoms with Crippen LogP contribution in [0.5, 0.6) is 0 Å². The Balaban J connectivity index is 2.01. The minimum atomic E-state index is -4.07. The lowest BCUT2D eigenvalue weighted by atomic mass is 10.1. The molecule has 3 aromatic rings. The third kappa shape index (κ3) is 7.45. The third-order valence-electron chi connectivity index (χ3n) is 6.34. The van der Waals surface area contributed by atoms with E-state index in [4.69, 9.17) is 0 Å². The summed E-state index contributed by atoms with van der Waals surface area (Å²) in [6.07, 6.45) is 0.745. The summed E-state index contributed by atoms with van der Waals surface area (Å²) >= 11 is 3.46. The highest BCUT2D eigenvalue weighted by Crippen LogP contribution is 2.25. The van der Waals surface area contributed by atoms with Gasteiger partial charge >= 0.3 is 0 Å². The van der Waals surface area contributed by atoms with Crippen LogP contribution in [0.15, 0.2) is 88.2 Å². The van der Waals surface area contributed by atoms with Crippen LogP contribution in [0.4, 0.5) is 5.69 Å². The van der Waals surface area contributed by atoms with E-state index in [-0.39, 0.29) is 23.4 Å².